The van der Waals surface area contributed by atoms with Crippen LogP contribution in [0.3, 0.4) is 0 Å². The number of benzene rings is 1. The lowest BCUT2D eigenvalue weighted by atomic mass is 9.79. The molecule has 1 aliphatic carbocycles. The van der Waals surface area contributed by atoms with Crippen molar-refractivity contribution in [1.29, 1.82) is 0 Å². The monoisotopic (exact) mass is 694 g/mol. The van der Waals surface area contributed by atoms with Crippen LogP contribution in [0.5, 0.6) is 0 Å². The Balaban J connectivity index is 1.07. The number of hydrogen-bond acceptors (Lipinski definition) is 6. The Morgan fingerprint density at radius 2 is 1.50 bits per heavy atom. The van der Waals surface area contributed by atoms with Crippen molar-refractivity contribution in [2.45, 2.75) is 70.4 Å². The van der Waals surface area contributed by atoms with Gasteiger partial charge in [0.15, 0.2) is 5.88 Å². The number of carbonyl (C=O) groups excluding carboxylic acids is 3. The molecular formula is C38H47F3N5O4+. The van der Waals surface area contributed by atoms with Gasteiger partial charge in [0.05, 0.1) is 31.4 Å². The van der Waals surface area contributed by atoms with Crippen LogP contribution in [0, 0.1) is 11.8 Å². The van der Waals surface area contributed by atoms with Gasteiger partial charge in [-0.05, 0) is 81.9 Å². The van der Waals surface area contributed by atoms with Crippen LogP contribution in [-0.4, -0.2) is 72.8 Å². The average molecular weight is 695 g/mol. The SMILES string of the molecule is CC(=O)C1CCC(C(=O)N2CCN(c3ccc(NC(=O)C4=C(C(F)(F)F)CCC=C(N5CCC(c6ccccc6)CC5)O4)c[n+]3C)CC2)CC1. The smallest absolute Gasteiger partial charge is 0.416 e. The third kappa shape index (κ3) is 8.16. The van der Waals surface area contributed by atoms with Gasteiger partial charge in [-0.1, -0.05) is 30.3 Å². The zero-order valence-electron chi connectivity index (χ0n) is 28.9. The second-order valence-corrected chi connectivity index (χ2v) is 14.0. The summed E-state index contributed by atoms with van der Waals surface area (Å²) in [6.45, 7) is 5.27. The molecule has 2 aromatic rings. The van der Waals surface area contributed by atoms with Crippen LogP contribution in [0.4, 0.5) is 24.7 Å². The number of halogens is 3. The van der Waals surface area contributed by atoms with Crippen molar-refractivity contribution in [3.63, 3.8) is 0 Å². The van der Waals surface area contributed by atoms with Gasteiger partial charge in [0.1, 0.15) is 25.1 Å². The van der Waals surface area contributed by atoms with Crippen molar-refractivity contribution < 1.29 is 36.9 Å². The lowest BCUT2D eigenvalue weighted by Gasteiger charge is -2.35. The number of aromatic nitrogens is 1. The number of ketones is 1. The topological polar surface area (TPSA) is 86.1 Å². The number of likely N-dealkylation sites (tertiary alicyclic amines) is 1. The molecule has 6 rings (SSSR count). The molecule has 50 heavy (non-hydrogen) atoms. The van der Waals surface area contributed by atoms with Crippen LogP contribution >= 0.6 is 0 Å². The van der Waals surface area contributed by atoms with Gasteiger partial charge in [-0.15, -0.1) is 0 Å². The number of ether oxygens (including phenoxy) is 1. The highest BCUT2D eigenvalue weighted by Crippen LogP contribution is 2.38. The number of amides is 2. The fraction of sp³-hybridized carbons (Fsp3) is 0.526. The van der Waals surface area contributed by atoms with E-state index in [-0.39, 0.29) is 36.4 Å². The Kier molecular flexibility index (Phi) is 10.8. The second kappa shape index (κ2) is 15.3. The van der Waals surface area contributed by atoms with E-state index in [0.29, 0.717) is 56.8 Å². The molecule has 0 radical (unpaired) electrons. The summed E-state index contributed by atoms with van der Waals surface area (Å²) in [6.07, 6.45) is 3.10. The number of nitrogens with one attached hydrogen (secondary N) is 1. The molecule has 12 heteroatoms. The first-order chi connectivity index (χ1) is 24.0. The lowest BCUT2D eigenvalue weighted by molar-refractivity contribution is -0.658. The van der Waals surface area contributed by atoms with Crippen LogP contribution in [0.25, 0.3) is 0 Å². The Morgan fingerprint density at radius 1 is 0.840 bits per heavy atom. The zero-order valence-corrected chi connectivity index (χ0v) is 28.9. The first-order valence-electron chi connectivity index (χ1n) is 17.8. The van der Waals surface area contributed by atoms with Crippen LogP contribution in [-0.2, 0) is 26.2 Å². The number of carbonyl (C=O) groups is 3. The molecule has 3 fully saturated rings. The maximum atomic E-state index is 14.2. The standard InChI is InChI=1S/C38H46F3N5O4/c1-26(47)27-11-13-30(14-12-27)37(49)46-23-21-44(22-24-46)33-16-15-31(25-43(33)2)42-36(48)35-32(38(39,40)41)9-6-10-34(50-35)45-19-17-29(18-20-45)28-7-4-3-5-8-28/h3-5,7-8,10,15-16,25,27,29-30H,6,9,11-14,17-24H2,1-2H3/p+1. The van der Waals surface area contributed by atoms with Crippen molar-refractivity contribution in [2.75, 3.05) is 49.5 Å². The van der Waals surface area contributed by atoms with E-state index < -0.39 is 23.4 Å². The second-order valence-electron chi connectivity index (χ2n) is 14.0. The fourth-order valence-corrected chi connectivity index (χ4v) is 7.82. The van der Waals surface area contributed by atoms with Gasteiger partial charge in [-0.25, -0.2) is 4.57 Å². The third-order valence-corrected chi connectivity index (χ3v) is 10.8. The van der Waals surface area contributed by atoms with Gasteiger partial charge in [0.2, 0.25) is 11.7 Å². The third-order valence-electron chi connectivity index (χ3n) is 10.8. The molecule has 1 N–H and O–H groups in total. The number of aryl methyl sites for hydroxylation is 1. The van der Waals surface area contributed by atoms with Crippen molar-refractivity contribution >= 4 is 29.1 Å². The normalized spacial score (nSPS) is 22.4. The minimum atomic E-state index is -4.72. The molecule has 0 atom stereocenters. The quantitative estimate of drug-likeness (QED) is 0.367. The van der Waals surface area contributed by atoms with Gasteiger partial charge >= 0.3 is 6.18 Å². The molecule has 9 nitrogen and oxygen atoms in total. The van der Waals surface area contributed by atoms with Crippen molar-refractivity contribution in [3.8, 4) is 0 Å². The number of nitrogens with zero attached hydrogens (tertiary/aromatic N) is 4. The molecule has 1 aromatic heterocycles. The summed E-state index contributed by atoms with van der Waals surface area (Å²) in [4.78, 5) is 44.4. The number of alkyl halides is 3. The molecule has 0 spiro atoms. The number of rotatable bonds is 7. The van der Waals surface area contributed by atoms with E-state index in [0.717, 1.165) is 44.3 Å². The Hall–Kier alpha value is -4.35. The number of anilines is 2. The van der Waals surface area contributed by atoms with Crippen molar-refractivity contribution in [3.05, 3.63) is 77.5 Å². The van der Waals surface area contributed by atoms with Crippen LogP contribution in [0.15, 0.2) is 72.0 Å². The molecule has 0 bridgehead atoms. The summed E-state index contributed by atoms with van der Waals surface area (Å²) in [5.74, 6) is 0.287. The first kappa shape index (κ1) is 35.5. The molecule has 2 saturated heterocycles. The number of allylic oxidation sites excluding steroid dienone is 2. The summed E-state index contributed by atoms with van der Waals surface area (Å²) in [6, 6.07) is 13.7. The van der Waals surface area contributed by atoms with E-state index in [9.17, 15) is 27.6 Å². The number of hydrogen-bond donors (Lipinski definition) is 1. The molecule has 1 saturated carbocycles. The Morgan fingerprint density at radius 3 is 2.12 bits per heavy atom. The molecule has 4 aliphatic rings. The molecule has 0 unspecified atom stereocenters. The lowest BCUT2D eigenvalue weighted by Crippen LogP contribution is -2.53. The fourth-order valence-electron chi connectivity index (χ4n) is 7.82. The number of Topliss-reactive ketones (excluding diaryl/α,β-unsaturated/α-hetero) is 1. The summed E-state index contributed by atoms with van der Waals surface area (Å²) in [5, 5.41) is 2.65. The largest absolute Gasteiger partial charge is 0.435 e. The van der Waals surface area contributed by atoms with Gasteiger partial charge < -0.3 is 19.9 Å². The number of pyridine rings is 1. The molecular weight excluding hydrogens is 647 g/mol. The Bertz CT molecular complexity index is 1620. The molecule has 3 aliphatic heterocycles. The maximum Gasteiger partial charge on any atom is 0.416 e. The first-order valence-corrected chi connectivity index (χ1v) is 17.8. The van der Waals surface area contributed by atoms with Crippen LogP contribution in [0.1, 0.15) is 69.8 Å². The zero-order chi connectivity index (χ0) is 35.4. The van der Waals surface area contributed by atoms with E-state index >= 15 is 0 Å². The minimum Gasteiger partial charge on any atom is -0.435 e. The highest BCUT2D eigenvalue weighted by Gasteiger charge is 2.41. The predicted octanol–water partition coefficient (Wildman–Crippen LogP) is 5.84. The average Bonchev–Trinajstić information content (AvgIpc) is 3.36. The van der Waals surface area contributed by atoms with E-state index in [4.69, 9.17) is 4.74 Å². The van der Waals surface area contributed by atoms with Crippen LogP contribution in [0.2, 0.25) is 0 Å². The van der Waals surface area contributed by atoms with Gasteiger partial charge in [0, 0.05) is 31.0 Å². The van der Waals surface area contributed by atoms with E-state index in [1.54, 1.807) is 25.3 Å². The highest BCUT2D eigenvalue weighted by molar-refractivity contribution is 6.03. The number of piperazine rings is 1. The van der Waals surface area contributed by atoms with Crippen molar-refractivity contribution in [1.82, 2.24) is 9.80 Å². The maximum absolute atomic E-state index is 14.2. The Labute approximate surface area is 291 Å². The molecule has 2 amide bonds. The highest BCUT2D eigenvalue weighted by atomic mass is 19.4. The minimum absolute atomic E-state index is 0.0278. The summed E-state index contributed by atoms with van der Waals surface area (Å²) >= 11 is 0. The van der Waals surface area contributed by atoms with Gasteiger partial charge in [-0.2, -0.15) is 13.2 Å². The summed E-state index contributed by atoms with van der Waals surface area (Å²) in [5.41, 5.74) is 0.618. The van der Waals surface area contributed by atoms with Gasteiger partial charge in [0.25, 0.3) is 11.7 Å². The molecule has 4 heterocycles. The summed E-state index contributed by atoms with van der Waals surface area (Å²) < 4.78 is 50.4. The van der Waals surface area contributed by atoms with E-state index in [1.165, 1.54) is 5.56 Å². The molecule has 1 aromatic carbocycles. The van der Waals surface area contributed by atoms with Crippen LogP contribution < -0.4 is 14.8 Å². The van der Waals surface area contributed by atoms with E-state index in [1.807, 2.05) is 45.7 Å². The number of piperidine rings is 1. The molecule has 268 valence electrons. The predicted molar refractivity (Wildman–Crippen MR) is 183 cm³/mol. The summed E-state index contributed by atoms with van der Waals surface area (Å²) in [7, 11) is 1.82. The van der Waals surface area contributed by atoms with Crippen molar-refractivity contribution in [2.24, 2.45) is 18.9 Å². The van der Waals surface area contributed by atoms with E-state index in [2.05, 4.69) is 22.3 Å². The van der Waals surface area contributed by atoms with Gasteiger partial charge in [-0.3, -0.25) is 19.3 Å².